The molecular weight excluding hydrogens is 282 g/mol. The van der Waals surface area contributed by atoms with E-state index in [-0.39, 0.29) is 18.1 Å². The molecule has 1 aromatic rings. The first-order chi connectivity index (χ1) is 9.85. The van der Waals surface area contributed by atoms with E-state index in [1.807, 2.05) is 0 Å². The Morgan fingerprint density at radius 1 is 1.57 bits per heavy atom. The van der Waals surface area contributed by atoms with Crippen LogP contribution in [0.3, 0.4) is 0 Å². The Bertz CT molecular complexity index is 647. The Kier molecular flexibility index (Phi) is 2.86. The van der Waals surface area contributed by atoms with Crippen LogP contribution >= 0.6 is 0 Å². The Balaban J connectivity index is 2.10. The van der Waals surface area contributed by atoms with Gasteiger partial charge in [-0.05, 0) is 13.0 Å². The van der Waals surface area contributed by atoms with Crippen LogP contribution in [0.25, 0.3) is 0 Å². The fourth-order valence-electron chi connectivity index (χ4n) is 2.84. The molecule has 0 spiro atoms. The minimum absolute atomic E-state index is 0.0461. The highest BCUT2D eigenvalue weighted by atomic mass is 19.3. The Hall–Kier alpha value is -2.25. The fourth-order valence-corrected chi connectivity index (χ4v) is 2.84. The molecule has 0 aromatic carbocycles. The number of aliphatic imine (C=N–C) groups is 1. The van der Waals surface area contributed by atoms with E-state index in [1.165, 1.54) is 31.2 Å². The van der Waals surface area contributed by atoms with Gasteiger partial charge in [-0.1, -0.05) is 0 Å². The quantitative estimate of drug-likeness (QED) is 0.796. The number of nitrogens with zero attached hydrogens (tertiary/aromatic N) is 3. The molecule has 3 rings (SSSR count). The van der Waals surface area contributed by atoms with Gasteiger partial charge in [-0.15, -0.1) is 0 Å². The van der Waals surface area contributed by atoms with Crippen molar-refractivity contribution in [1.82, 2.24) is 9.88 Å². The molecular formula is C13H14F2N4O2. The SMILES string of the molecule is COC(=O)c1cc2c(cn1)N=C(N)N1[C@H]2CC(F)(F)[C@H]1C. The van der Waals surface area contributed by atoms with Crippen LogP contribution in [0.5, 0.6) is 0 Å². The zero-order chi connectivity index (χ0) is 15.4. The third kappa shape index (κ3) is 1.93. The van der Waals surface area contributed by atoms with Crippen LogP contribution in [0, 0.1) is 0 Å². The maximum atomic E-state index is 14.0. The fraction of sp³-hybridized carbons (Fsp3) is 0.462. The molecule has 6 nitrogen and oxygen atoms in total. The van der Waals surface area contributed by atoms with Gasteiger partial charge in [0.2, 0.25) is 0 Å². The van der Waals surface area contributed by atoms with Gasteiger partial charge in [0.25, 0.3) is 5.92 Å². The number of carbonyl (C=O) groups excluding carboxylic acids is 1. The van der Waals surface area contributed by atoms with Gasteiger partial charge in [0.15, 0.2) is 5.96 Å². The van der Waals surface area contributed by atoms with Crippen molar-refractivity contribution in [2.75, 3.05) is 7.11 Å². The molecule has 0 radical (unpaired) electrons. The largest absolute Gasteiger partial charge is 0.464 e. The molecule has 1 fully saturated rings. The Morgan fingerprint density at radius 3 is 2.95 bits per heavy atom. The standard InChI is InChI=1S/C13H14F2N4O2/c1-6-13(14,15)4-10-7-3-8(11(20)21-2)17-5-9(7)18-12(16)19(6)10/h3,5-6,10H,4H2,1-2H3,(H2,16,18)/t6-,10+/m1/s1. The molecule has 0 amide bonds. The van der Waals surface area contributed by atoms with Crippen LogP contribution in [0.15, 0.2) is 17.3 Å². The normalized spacial score (nSPS) is 25.9. The molecule has 2 N–H and O–H groups in total. The van der Waals surface area contributed by atoms with Crippen molar-refractivity contribution in [3.63, 3.8) is 0 Å². The van der Waals surface area contributed by atoms with Gasteiger partial charge >= 0.3 is 5.97 Å². The average Bonchev–Trinajstić information content (AvgIpc) is 2.69. The third-order valence-electron chi connectivity index (χ3n) is 4.00. The van der Waals surface area contributed by atoms with E-state index < -0.39 is 24.0 Å². The van der Waals surface area contributed by atoms with Gasteiger partial charge in [-0.3, -0.25) is 0 Å². The van der Waals surface area contributed by atoms with Crippen molar-refractivity contribution in [2.24, 2.45) is 10.7 Å². The number of hydrogen-bond acceptors (Lipinski definition) is 6. The molecule has 1 aromatic heterocycles. The summed E-state index contributed by atoms with van der Waals surface area (Å²) in [7, 11) is 1.23. The van der Waals surface area contributed by atoms with Gasteiger partial charge < -0.3 is 15.4 Å². The maximum Gasteiger partial charge on any atom is 0.356 e. The molecule has 0 bridgehead atoms. The lowest BCUT2D eigenvalue weighted by Crippen LogP contribution is -2.46. The lowest BCUT2D eigenvalue weighted by Gasteiger charge is -2.33. The predicted octanol–water partition coefficient (Wildman–Crippen LogP) is 1.60. The molecule has 112 valence electrons. The van der Waals surface area contributed by atoms with Gasteiger partial charge in [0.05, 0.1) is 31.1 Å². The number of fused-ring (bicyclic) bond motifs is 3. The van der Waals surface area contributed by atoms with Crippen LogP contribution in [0.2, 0.25) is 0 Å². The molecule has 8 heteroatoms. The van der Waals surface area contributed by atoms with E-state index in [1.54, 1.807) is 0 Å². The number of rotatable bonds is 1. The summed E-state index contributed by atoms with van der Waals surface area (Å²) in [6, 6.07) is -0.217. The average molecular weight is 296 g/mol. The van der Waals surface area contributed by atoms with E-state index >= 15 is 0 Å². The zero-order valence-corrected chi connectivity index (χ0v) is 11.5. The van der Waals surface area contributed by atoms with Gasteiger partial charge in [0, 0.05) is 12.0 Å². The lowest BCUT2D eigenvalue weighted by atomic mass is 10.0. The molecule has 1 saturated heterocycles. The van der Waals surface area contributed by atoms with Gasteiger partial charge in [0.1, 0.15) is 5.69 Å². The van der Waals surface area contributed by atoms with E-state index in [2.05, 4.69) is 14.7 Å². The summed E-state index contributed by atoms with van der Waals surface area (Å²) in [5, 5.41) is 0. The second-order valence-corrected chi connectivity index (χ2v) is 5.15. The third-order valence-corrected chi connectivity index (χ3v) is 4.00. The van der Waals surface area contributed by atoms with Crippen molar-refractivity contribution in [3.05, 3.63) is 23.5 Å². The summed E-state index contributed by atoms with van der Waals surface area (Å²) in [4.78, 5) is 21.0. The van der Waals surface area contributed by atoms with Crippen LogP contribution in [-0.4, -0.2) is 40.9 Å². The molecule has 0 aliphatic carbocycles. The number of carbonyl (C=O) groups is 1. The van der Waals surface area contributed by atoms with E-state index in [0.29, 0.717) is 11.3 Å². The summed E-state index contributed by atoms with van der Waals surface area (Å²) in [5.41, 5.74) is 6.78. The number of halogens is 2. The number of esters is 1. The number of hydrogen-bond donors (Lipinski definition) is 1. The summed E-state index contributed by atoms with van der Waals surface area (Å²) in [6.07, 6.45) is 0.981. The molecule has 21 heavy (non-hydrogen) atoms. The highest BCUT2D eigenvalue weighted by Crippen LogP contribution is 2.49. The molecule has 0 unspecified atom stereocenters. The Labute approximate surface area is 119 Å². The summed E-state index contributed by atoms with van der Waals surface area (Å²) in [6.45, 7) is 1.41. The molecule has 0 saturated carbocycles. The van der Waals surface area contributed by atoms with E-state index in [9.17, 15) is 13.6 Å². The minimum atomic E-state index is -2.87. The number of ether oxygens (including phenoxy) is 1. The van der Waals surface area contributed by atoms with Crippen LogP contribution in [-0.2, 0) is 4.74 Å². The number of methoxy groups -OCH3 is 1. The zero-order valence-electron chi connectivity index (χ0n) is 11.5. The molecule has 3 heterocycles. The second-order valence-electron chi connectivity index (χ2n) is 5.15. The minimum Gasteiger partial charge on any atom is -0.464 e. The first-order valence-electron chi connectivity index (χ1n) is 6.43. The highest BCUT2D eigenvalue weighted by molar-refractivity contribution is 5.89. The lowest BCUT2D eigenvalue weighted by molar-refractivity contribution is -0.0169. The van der Waals surface area contributed by atoms with Crippen molar-refractivity contribution in [3.8, 4) is 0 Å². The first kappa shape index (κ1) is 13.7. The number of pyridine rings is 1. The van der Waals surface area contributed by atoms with Gasteiger partial charge in [-0.25, -0.2) is 23.6 Å². The number of alkyl halides is 2. The monoisotopic (exact) mass is 296 g/mol. The van der Waals surface area contributed by atoms with Crippen molar-refractivity contribution in [1.29, 1.82) is 0 Å². The summed E-state index contributed by atoms with van der Waals surface area (Å²) >= 11 is 0. The number of nitrogens with two attached hydrogens (primary N) is 1. The van der Waals surface area contributed by atoms with Crippen LogP contribution < -0.4 is 5.73 Å². The first-order valence-corrected chi connectivity index (χ1v) is 6.43. The van der Waals surface area contributed by atoms with Crippen LogP contribution in [0.4, 0.5) is 14.5 Å². The topological polar surface area (TPSA) is 80.8 Å². The van der Waals surface area contributed by atoms with Crippen molar-refractivity contribution < 1.29 is 18.3 Å². The predicted molar refractivity (Wildman–Crippen MR) is 70.5 cm³/mol. The number of aromatic nitrogens is 1. The Morgan fingerprint density at radius 2 is 2.29 bits per heavy atom. The molecule has 2 aliphatic rings. The maximum absolute atomic E-state index is 14.0. The molecule has 2 aliphatic heterocycles. The van der Waals surface area contributed by atoms with E-state index in [0.717, 1.165) is 0 Å². The van der Waals surface area contributed by atoms with Crippen molar-refractivity contribution in [2.45, 2.75) is 31.4 Å². The van der Waals surface area contributed by atoms with Crippen molar-refractivity contribution >= 4 is 17.6 Å². The van der Waals surface area contributed by atoms with Crippen LogP contribution in [0.1, 0.15) is 35.4 Å². The highest BCUT2D eigenvalue weighted by Gasteiger charge is 2.54. The number of guanidine groups is 1. The molecule has 2 atom stereocenters. The van der Waals surface area contributed by atoms with Gasteiger partial charge in [-0.2, -0.15) is 0 Å². The van der Waals surface area contributed by atoms with E-state index in [4.69, 9.17) is 5.73 Å². The smallest absolute Gasteiger partial charge is 0.356 e. The second kappa shape index (κ2) is 4.37. The summed E-state index contributed by atoms with van der Waals surface area (Å²) in [5.74, 6) is -3.45. The summed E-state index contributed by atoms with van der Waals surface area (Å²) < 4.78 is 32.5.